The molecule has 0 aliphatic rings. The zero-order chi connectivity index (χ0) is 15.2. The van der Waals surface area contributed by atoms with Gasteiger partial charge in [-0.2, -0.15) is 0 Å². The second kappa shape index (κ2) is 6.71. The fraction of sp³-hybridized carbons (Fsp3) is 0.154. The molecule has 2 aromatic rings. The first-order chi connectivity index (χ1) is 10.1. The highest BCUT2D eigenvalue weighted by atomic mass is 32.1. The van der Waals surface area contributed by atoms with Crippen molar-refractivity contribution < 1.29 is 14.5 Å². The van der Waals surface area contributed by atoms with Gasteiger partial charge in [-0.25, -0.2) is 4.98 Å². The van der Waals surface area contributed by atoms with Crippen LogP contribution in [0.25, 0.3) is 0 Å². The monoisotopic (exact) mass is 305 g/mol. The number of ketones is 1. The minimum atomic E-state index is -0.564. The molecule has 0 bridgehead atoms. The summed E-state index contributed by atoms with van der Waals surface area (Å²) in [5.74, 6) is -0.628. The highest BCUT2D eigenvalue weighted by molar-refractivity contribution is 7.13. The molecule has 0 unspecified atom stereocenters. The van der Waals surface area contributed by atoms with Gasteiger partial charge < -0.3 is 5.32 Å². The van der Waals surface area contributed by atoms with E-state index in [1.165, 1.54) is 35.6 Å². The lowest BCUT2D eigenvalue weighted by molar-refractivity contribution is -0.384. The summed E-state index contributed by atoms with van der Waals surface area (Å²) in [6, 6.07) is 5.46. The van der Waals surface area contributed by atoms with E-state index in [1.807, 2.05) is 0 Å². The molecule has 7 nitrogen and oxygen atoms in total. The highest BCUT2D eigenvalue weighted by Gasteiger charge is 2.13. The number of nitrogens with one attached hydrogen (secondary N) is 1. The number of carbonyl (C=O) groups is 2. The van der Waals surface area contributed by atoms with E-state index >= 15 is 0 Å². The lowest BCUT2D eigenvalue weighted by atomic mass is 10.1. The molecule has 0 radical (unpaired) electrons. The van der Waals surface area contributed by atoms with Crippen molar-refractivity contribution in [3.63, 3.8) is 0 Å². The molecule has 0 spiro atoms. The van der Waals surface area contributed by atoms with Crippen LogP contribution >= 0.6 is 11.3 Å². The van der Waals surface area contributed by atoms with Crippen molar-refractivity contribution in [2.75, 3.05) is 5.32 Å². The maximum absolute atomic E-state index is 11.9. The van der Waals surface area contributed by atoms with E-state index < -0.39 is 4.92 Å². The van der Waals surface area contributed by atoms with E-state index in [-0.39, 0.29) is 35.8 Å². The summed E-state index contributed by atoms with van der Waals surface area (Å²) in [6.45, 7) is 0. The summed E-state index contributed by atoms with van der Waals surface area (Å²) >= 11 is 1.28. The van der Waals surface area contributed by atoms with Gasteiger partial charge >= 0.3 is 0 Å². The third-order valence-corrected chi connectivity index (χ3v) is 3.33. The predicted molar refractivity (Wildman–Crippen MR) is 77.4 cm³/mol. The Morgan fingerprint density at radius 3 is 2.81 bits per heavy atom. The number of benzene rings is 1. The number of nitro benzene ring substituents is 1. The number of carbonyl (C=O) groups excluding carboxylic acids is 2. The largest absolute Gasteiger partial charge is 0.302 e. The third-order valence-electron chi connectivity index (χ3n) is 2.64. The number of Topliss-reactive ketones (excluding diaryl/α,β-unsaturated/α-hetero) is 1. The number of hydrogen-bond acceptors (Lipinski definition) is 6. The Morgan fingerprint density at radius 2 is 2.14 bits per heavy atom. The quantitative estimate of drug-likeness (QED) is 0.502. The van der Waals surface area contributed by atoms with Crippen LogP contribution in [0.5, 0.6) is 0 Å². The van der Waals surface area contributed by atoms with Crippen LogP contribution in [0.2, 0.25) is 0 Å². The zero-order valence-electron chi connectivity index (χ0n) is 10.8. The Morgan fingerprint density at radius 1 is 1.33 bits per heavy atom. The van der Waals surface area contributed by atoms with Crippen molar-refractivity contribution in [3.8, 4) is 0 Å². The molecule has 0 saturated heterocycles. The molecule has 1 aromatic carbocycles. The van der Waals surface area contributed by atoms with Crippen LogP contribution in [0.4, 0.5) is 10.8 Å². The van der Waals surface area contributed by atoms with Crippen LogP contribution in [0.15, 0.2) is 35.8 Å². The summed E-state index contributed by atoms with van der Waals surface area (Å²) in [5, 5.41) is 15.4. The van der Waals surface area contributed by atoms with Crippen LogP contribution in [0, 0.1) is 10.1 Å². The van der Waals surface area contributed by atoms with Gasteiger partial charge in [-0.1, -0.05) is 12.1 Å². The molecule has 21 heavy (non-hydrogen) atoms. The van der Waals surface area contributed by atoms with E-state index in [0.29, 0.717) is 5.13 Å². The molecular weight excluding hydrogens is 294 g/mol. The van der Waals surface area contributed by atoms with Crippen molar-refractivity contribution in [3.05, 3.63) is 51.5 Å². The summed E-state index contributed by atoms with van der Waals surface area (Å²) in [6.07, 6.45) is 1.55. The lowest BCUT2D eigenvalue weighted by Crippen LogP contribution is -2.13. The van der Waals surface area contributed by atoms with Crippen LogP contribution in [-0.4, -0.2) is 21.6 Å². The molecule has 108 valence electrons. The fourth-order valence-corrected chi connectivity index (χ4v) is 2.18. The molecule has 1 aromatic heterocycles. The number of aromatic nitrogens is 1. The second-order valence-electron chi connectivity index (χ2n) is 4.12. The van der Waals surface area contributed by atoms with E-state index in [2.05, 4.69) is 10.3 Å². The van der Waals surface area contributed by atoms with Gasteiger partial charge in [-0.05, 0) is 0 Å². The second-order valence-corrected chi connectivity index (χ2v) is 5.01. The molecule has 0 aliphatic carbocycles. The Hall–Kier alpha value is -2.61. The molecule has 8 heteroatoms. The van der Waals surface area contributed by atoms with Gasteiger partial charge in [0.05, 0.1) is 4.92 Å². The molecule has 1 N–H and O–H groups in total. The predicted octanol–water partition coefficient (Wildman–Crippen LogP) is 2.65. The van der Waals surface area contributed by atoms with Gasteiger partial charge in [-0.15, -0.1) is 11.3 Å². The first-order valence-corrected chi connectivity index (χ1v) is 6.91. The third kappa shape index (κ3) is 4.18. The van der Waals surface area contributed by atoms with Crippen molar-refractivity contribution in [1.82, 2.24) is 4.98 Å². The number of anilines is 1. The number of non-ortho nitro benzene ring substituents is 1. The topological polar surface area (TPSA) is 102 Å². The minimum absolute atomic E-state index is 0.00110. The van der Waals surface area contributed by atoms with Crippen LogP contribution in [-0.2, 0) is 4.79 Å². The average molecular weight is 305 g/mol. The van der Waals surface area contributed by atoms with Crippen LogP contribution in [0.3, 0.4) is 0 Å². The molecule has 0 aliphatic heterocycles. The summed E-state index contributed by atoms with van der Waals surface area (Å²) in [5.41, 5.74) is 0.0827. The Kier molecular flexibility index (Phi) is 4.72. The number of nitrogens with zero attached hydrogens (tertiary/aromatic N) is 2. The number of hydrogen-bond donors (Lipinski definition) is 1. The first-order valence-electron chi connectivity index (χ1n) is 6.03. The SMILES string of the molecule is O=C(CCC(=O)c1cccc([N+](=O)[O-])c1)Nc1nccs1. The van der Waals surface area contributed by atoms with Crippen molar-refractivity contribution in [2.45, 2.75) is 12.8 Å². The van der Waals surface area contributed by atoms with E-state index in [0.717, 1.165) is 0 Å². The van der Waals surface area contributed by atoms with E-state index in [4.69, 9.17) is 0 Å². The van der Waals surface area contributed by atoms with Gasteiger partial charge in [0.15, 0.2) is 10.9 Å². The van der Waals surface area contributed by atoms with E-state index in [1.54, 1.807) is 11.6 Å². The summed E-state index contributed by atoms with van der Waals surface area (Å²) in [4.78, 5) is 37.5. The van der Waals surface area contributed by atoms with Crippen LogP contribution < -0.4 is 5.32 Å². The molecular formula is C13H11N3O4S. The molecule has 0 saturated carbocycles. The van der Waals surface area contributed by atoms with E-state index in [9.17, 15) is 19.7 Å². The fourth-order valence-electron chi connectivity index (χ4n) is 1.63. The van der Waals surface area contributed by atoms with Gasteiger partial charge in [0, 0.05) is 42.1 Å². The Labute approximate surface area is 123 Å². The zero-order valence-corrected chi connectivity index (χ0v) is 11.6. The van der Waals surface area contributed by atoms with Gasteiger partial charge in [0.2, 0.25) is 5.91 Å². The Balaban J connectivity index is 1.91. The van der Waals surface area contributed by atoms with Gasteiger partial charge in [-0.3, -0.25) is 19.7 Å². The average Bonchev–Trinajstić information content (AvgIpc) is 2.97. The number of nitro groups is 1. The molecule has 1 heterocycles. The first kappa shape index (κ1) is 14.8. The summed E-state index contributed by atoms with van der Waals surface area (Å²) < 4.78 is 0. The standard InChI is InChI=1S/C13H11N3O4S/c17-11(9-2-1-3-10(8-9)16(19)20)4-5-12(18)15-13-14-6-7-21-13/h1-3,6-8H,4-5H2,(H,14,15,18). The van der Waals surface area contributed by atoms with Crippen LogP contribution in [0.1, 0.15) is 23.2 Å². The van der Waals surface area contributed by atoms with Gasteiger partial charge in [0.25, 0.3) is 5.69 Å². The molecule has 1 amide bonds. The maximum atomic E-state index is 11.9. The van der Waals surface area contributed by atoms with Crippen molar-refractivity contribution in [1.29, 1.82) is 0 Å². The highest BCUT2D eigenvalue weighted by Crippen LogP contribution is 2.16. The molecule has 0 fully saturated rings. The van der Waals surface area contributed by atoms with Crippen molar-refractivity contribution in [2.24, 2.45) is 0 Å². The van der Waals surface area contributed by atoms with Gasteiger partial charge in [0.1, 0.15) is 0 Å². The molecule has 2 rings (SSSR count). The minimum Gasteiger partial charge on any atom is -0.302 e. The number of rotatable bonds is 6. The maximum Gasteiger partial charge on any atom is 0.270 e. The van der Waals surface area contributed by atoms with Crippen molar-refractivity contribution >= 4 is 33.8 Å². The lowest BCUT2D eigenvalue weighted by Gasteiger charge is -2.02. The number of amides is 1. The summed E-state index contributed by atoms with van der Waals surface area (Å²) in [7, 11) is 0. The Bertz CT molecular complexity index is 670. The normalized spacial score (nSPS) is 10.1. The molecule has 0 atom stereocenters. The smallest absolute Gasteiger partial charge is 0.270 e. The number of thiazole rings is 1.